The summed E-state index contributed by atoms with van der Waals surface area (Å²) in [5, 5.41) is 14.3. The maximum atomic E-state index is 11.6. The van der Waals surface area contributed by atoms with E-state index in [1.165, 1.54) is 0 Å². The maximum Gasteiger partial charge on any atom is 0.326 e. The Morgan fingerprint density at radius 2 is 2.13 bits per heavy atom. The molecular weight excluding hydrogens is 196 g/mol. The molecule has 0 aromatic carbocycles. The highest BCUT2D eigenvalue weighted by Gasteiger charge is 2.21. The largest absolute Gasteiger partial charge is 0.480 e. The topological polar surface area (TPSA) is 78.4 Å². The van der Waals surface area contributed by atoms with Gasteiger partial charge in [0.2, 0.25) is 5.91 Å². The van der Waals surface area contributed by atoms with Crippen LogP contribution < -0.4 is 10.6 Å². The first-order valence-electron chi connectivity index (χ1n) is 4.99. The second-order valence-electron chi connectivity index (χ2n) is 3.60. The van der Waals surface area contributed by atoms with Gasteiger partial charge in [-0.1, -0.05) is 6.92 Å². The minimum Gasteiger partial charge on any atom is -0.480 e. The van der Waals surface area contributed by atoms with E-state index in [-0.39, 0.29) is 5.91 Å². The zero-order valence-corrected chi connectivity index (χ0v) is 8.96. The van der Waals surface area contributed by atoms with Crippen LogP contribution >= 0.6 is 0 Å². The van der Waals surface area contributed by atoms with Crippen LogP contribution in [0.15, 0.2) is 11.1 Å². The van der Waals surface area contributed by atoms with Crippen LogP contribution in [0, 0.1) is 0 Å². The second kappa shape index (κ2) is 4.93. The predicted octanol–water partition coefficient (Wildman–Crippen LogP) is -0.114. The smallest absolute Gasteiger partial charge is 0.326 e. The molecule has 1 atom stereocenters. The normalized spacial score (nSPS) is 16.5. The summed E-state index contributed by atoms with van der Waals surface area (Å²) in [5.74, 6) is -1.27. The van der Waals surface area contributed by atoms with Gasteiger partial charge in [0.05, 0.1) is 0 Å². The number of amides is 1. The molecule has 0 saturated carbocycles. The molecular formula is C10H16N2O3. The summed E-state index contributed by atoms with van der Waals surface area (Å²) in [7, 11) is 0. The van der Waals surface area contributed by atoms with Gasteiger partial charge in [-0.05, 0) is 18.9 Å². The molecule has 0 aromatic heterocycles. The highest BCUT2D eigenvalue weighted by Crippen LogP contribution is 2.09. The van der Waals surface area contributed by atoms with Gasteiger partial charge in [0.25, 0.3) is 0 Å². The van der Waals surface area contributed by atoms with Gasteiger partial charge in [0.1, 0.15) is 6.04 Å². The fraction of sp³-hybridized carbons (Fsp3) is 0.600. The Kier molecular flexibility index (Phi) is 3.85. The summed E-state index contributed by atoms with van der Waals surface area (Å²) in [6.07, 6.45) is 0.391. The highest BCUT2D eigenvalue weighted by atomic mass is 16.4. The molecule has 5 heteroatoms. The van der Waals surface area contributed by atoms with E-state index < -0.39 is 12.0 Å². The van der Waals surface area contributed by atoms with Crippen LogP contribution in [-0.4, -0.2) is 36.1 Å². The molecule has 0 spiro atoms. The van der Waals surface area contributed by atoms with Crippen molar-refractivity contribution in [1.29, 1.82) is 0 Å². The van der Waals surface area contributed by atoms with Crippen molar-refractivity contribution in [3.05, 3.63) is 11.1 Å². The van der Waals surface area contributed by atoms with Gasteiger partial charge in [-0.25, -0.2) is 4.79 Å². The van der Waals surface area contributed by atoms with E-state index in [9.17, 15) is 9.59 Å². The zero-order valence-electron chi connectivity index (χ0n) is 8.96. The Balaban J connectivity index is 2.58. The minimum atomic E-state index is -0.990. The molecule has 1 fully saturated rings. The summed E-state index contributed by atoms with van der Waals surface area (Å²) in [6.45, 7) is 4.90. The Morgan fingerprint density at radius 1 is 1.53 bits per heavy atom. The lowest BCUT2D eigenvalue weighted by atomic mass is 10.0. The molecule has 1 saturated heterocycles. The van der Waals surface area contributed by atoms with E-state index in [4.69, 9.17) is 5.11 Å². The molecule has 1 heterocycles. The first kappa shape index (κ1) is 11.7. The number of carbonyl (C=O) groups is 2. The Labute approximate surface area is 88.5 Å². The maximum absolute atomic E-state index is 11.6. The number of nitrogens with one attached hydrogen (secondary N) is 2. The van der Waals surface area contributed by atoms with Crippen LogP contribution in [0.3, 0.4) is 0 Å². The van der Waals surface area contributed by atoms with E-state index in [0.717, 1.165) is 18.7 Å². The van der Waals surface area contributed by atoms with Crippen molar-refractivity contribution in [2.24, 2.45) is 0 Å². The number of rotatable bonds is 4. The average molecular weight is 212 g/mol. The molecule has 0 unspecified atom stereocenters. The molecule has 0 aliphatic carbocycles. The molecule has 5 nitrogen and oxygen atoms in total. The van der Waals surface area contributed by atoms with Gasteiger partial charge >= 0.3 is 5.97 Å². The fourth-order valence-electron chi connectivity index (χ4n) is 1.28. The van der Waals surface area contributed by atoms with Gasteiger partial charge in [-0.3, -0.25) is 4.79 Å². The third-order valence-corrected chi connectivity index (χ3v) is 2.56. The summed E-state index contributed by atoms with van der Waals surface area (Å²) >= 11 is 0. The fourth-order valence-corrected chi connectivity index (χ4v) is 1.28. The van der Waals surface area contributed by atoms with E-state index in [0.29, 0.717) is 12.0 Å². The van der Waals surface area contributed by atoms with Crippen molar-refractivity contribution < 1.29 is 14.7 Å². The number of carboxylic acid groups (broad SMARTS) is 1. The average Bonchev–Trinajstić information content (AvgIpc) is 2.10. The molecule has 0 radical (unpaired) electrons. The number of aliphatic carboxylic acids is 1. The predicted molar refractivity (Wildman–Crippen MR) is 55.4 cm³/mol. The van der Waals surface area contributed by atoms with Gasteiger partial charge in [0, 0.05) is 18.7 Å². The Bertz CT molecular complexity index is 304. The molecule has 3 N–H and O–H groups in total. The molecule has 1 rings (SSSR count). The lowest BCUT2D eigenvalue weighted by Crippen LogP contribution is -2.43. The standard InChI is InChI=1S/C10H16N2O3/c1-3-8(10(14)15)12-9(13)6(2)7-4-11-5-7/h8,11H,3-5H2,1-2H3,(H,12,13)(H,14,15)/t8-/m0/s1. The minimum absolute atomic E-state index is 0.277. The summed E-state index contributed by atoms with van der Waals surface area (Å²) in [5.41, 5.74) is 1.68. The summed E-state index contributed by atoms with van der Waals surface area (Å²) in [6, 6.07) is -0.791. The van der Waals surface area contributed by atoms with E-state index >= 15 is 0 Å². The molecule has 0 bridgehead atoms. The van der Waals surface area contributed by atoms with Crippen LogP contribution in [-0.2, 0) is 9.59 Å². The van der Waals surface area contributed by atoms with Crippen LogP contribution in [0.5, 0.6) is 0 Å². The summed E-state index contributed by atoms with van der Waals surface area (Å²) < 4.78 is 0. The van der Waals surface area contributed by atoms with Crippen LogP contribution in [0.25, 0.3) is 0 Å². The van der Waals surface area contributed by atoms with E-state index in [1.54, 1.807) is 13.8 Å². The van der Waals surface area contributed by atoms with Crippen molar-refractivity contribution in [3.63, 3.8) is 0 Å². The third-order valence-electron chi connectivity index (χ3n) is 2.56. The van der Waals surface area contributed by atoms with Crippen LogP contribution in [0.2, 0.25) is 0 Å². The van der Waals surface area contributed by atoms with Gasteiger partial charge in [-0.15, -0.1) is 0 Å². The number of carboxylic acids is 1. The van der Waals surface area contributed by atoms with Crippen molar-refractivity contribution in [1.82, 2.24) is 10.6 Å². The lowest BCUT2D eigenvalue weighted by molar-refractivity contribution is -0.141. The molecule has 1 amide bonds. The number of hydrogen-bond donors (Lipinski definition) is 3. The second-order valence-corrected chi connectivity index (χ2v) is 3.60. The lowest BCUT2D eigenvalue weighted by Gasteiger charge is -2.22. The Morgan fingerprint density at radius 3 is 2.47 bits per heavy atom. The monoisotopic (exact) mass is 212 g/mol. The molecule has 84 valence electrons. The SMILES string of the molecule is CC[C@H](NC(=O)C(C)=C1CNC1)C(=O)O. The molecule has 15 heavy (non-hydrogen) atoms. The van der Waals surface area contributed by atoms with E-state index in [1.807, 2.05) is 0 Å². The van der Waals surface area contributed by atoms with E-state index in [2.05, 4.69) is 10.6 Å². The van der Waals surface area contributed by atoms with Crippen molar-refractivity contribution in [3.8, 4) is 0 Å². The van der Waals surface area contributed by atoms with Gasteiger partial charge < -0.3 is 15.7 Å². The first-order valence-corrected chi connectivity index (χ1v) is 4.99. The third kappa shape index (κ3) is 2.79. The molecule has 1 aliphatic heterocycles. The number of hydrogen-bond acceptors (Lipinski definition) is 3. The highest BCUT2D eigenvalue weighted by molar-refractivity contribution is 5.96. The summed E-state index contributed by atoms with van der Waals surface area (Å²) in [4.78, 5) is 22.3. The van der Waals surface area contributed by atoms with Gasteiger partial charge in [0.15, 0.2) is 0 Å². The molecule has 1 aliphatic rings. The first-order chi connectivity index (χ1) is 7.06. The zero-order chi connectivity index (χ0) is 11.4. The Hall–Kier alpha value is -1.36. The van der Waals surface area contributed by atoms with Crippen molar-refractivity contribution >= 4 is 11.9 Å². The quantitative estimate of drug-likeness (QED) is 0.568. The molecule has 0 aromatic rings. The van der Waals surface area contributed by atoms with Crippen molar-refractivity contribution in [2.45, 2.75) is 26.3 Å². The van der Waals surface area contributed by atoms with Crippen molar-refractivity contribution in [2.75, 3.05) is 13.1 Å². The van der Waals surface area contributed by atoms with Gasteiger partial charge in [-0.2, -0.15) is 0 Å². The number of carbonyl (C=O) groups excluding carboxylic acids is 1. The van der Waals surface area contributed by atoms with Crippen LogP contribution in [0.4, 0.5) is 0 Å². The van der Waals surface area contributed by atoms with Crippen LogP contribution in [0.1, 0.15) is 20.3 Å².